The van der Waals surface area contributed by atoms with Crippen molar-refractivity contribution in [2.45, 2.75) is 13.8 Å². The Morgan fingerprint density at radius 3 is 2.68 bits per heavy atom. The lowest BCUT2D eigenvalue weighted by molar-refractivity contribution is 0.0694. The van der Waals surface area contributed by atoms with Crippen LogP contribution in [0.5, 0.6) is 5.75 Å². The van der Waals surface area contributed by atoms with Gasteiger partial charge in [0.25, 0.3) is 5.56 Å². The fourth-order valence-electron chi connectivity index (χ4n) is 1.95. The van der Waals surface area contributed by atoms with Crippen LogP contribution in [0.1, 0.15) is 24.2 Å². The van der Waals surface area contributed by atoms with E-state index in [0.29, 0.717) is 29.5 Å². The fourth-order valence-corrected chi connectivity index (χ4v) is 1.95. The summed E-state index contributed by atoms with van der Waals surface area (Å²) in [5, 5.41) is 13.3. The van der Waals surface area contributed by atoms with Crippen LogP contribution < -0.4 is 10.3 Å². The van der Waals surface area contributed by atoms with Crippen molar-refractivity contribution in [3.05, 3.63) is 46.2 Å². The van der Waals surface area contributed by atoms with Crippen LogP contribution in [0.25, 0.3) is 11.3 Å². The van der Waals surface area contributed by atoms with Gasteiger partial charge in [0.05, 0.1) is 12.3 Å². The van der Waals surface area contributed by atoms with Gasteiger partial charge in [-0.2, -0.15) is 5.10 Å². The summed E-state index contributed by atoms with van der Waals surface area (Å²) in [6, 6.07) is 8.51. The number of rotatable bonds is 5. The number of aryl methyl sites for hydroxylation is 1. The van der Waals surface area contributed by atoms with E-state index in [1.165, 1.54) is 13.1 Å². The first-order valence-corrected chi connectivity index (χ1v) is 6.94. The molecule has 0 bridgehead atoms. The van der Waals surface area contributed by atoms with Gasteiger partial charge in [-0.25, -0.2) is 9.48 Å². The van der Waals surface area contributed by atoms with Gasteiger partial charge in [-0.3, -0.25) is 4.79 Å². The summed E-state index contributed by atoms with van der Waals surface area (Å²) in [4.78, 5) is 23.0. The normalized spacial score (nSPS) is 10.7. The molecule has 0 saturated heterocycles. The SMILES string of the molecule is CC(C)COc1ccccc1-c1cc(C(=O)O)c(=O)n(C)n1. The van der Waals surface area contributed by atoms with Gasteiger partial charge in [-0.1, -0.05) is 26.0 Å². The molecule has 2 rings (SSSR count). The molecule has 0 fully saturated rings. The van der Waals surface area contributed by atoms with Crippen molar-refractivity contribution >= 4 is 5.97 Å². The molecule has 0 radical (unpaired) electrons. The Bertz CT molecular complexity index is 750. The molecule has 0 saturated carbocycles. The van der Waals surface area contributed by atoms with Crippen molar-refractivity contribution in [3.63, 3.8) is 0 Å². The lowest BCUT2D eigenvalue weighted by atomic mass is 10.1. The molecule has 1 heterocycles. The van der Waals surface area contributed by atoms with Crippen LogP contribution in [0.3, 0.4) is 0 Å². The zero-order valence-electron chi connectivity index (χ0n) is 12.7. The van der Waals surface area contributed by atoms with E-state index in [0.717, 1.165) is 4.68 Å². The van der Waals surface area contributed by atoms with Crippen molar-refractivity contribution in [2.24, 2.45) is 13.0 Å². The van der Waals surface area contributed by atoms with E-state index >= 15 is 0 Å². The Morgan fingerprint density at radius 2 is 2.05 bits per heavy atom. The number of nitrogens with zero attached hydrogens (tertiary/aromatic N) is 2. The summed E-state index contributed by atoms with van der Waals surface area (Å²) in [6.07, 6.45) is 0. The Hall–Kier alpha value is -2.63. The summed E-state index contributed by atoms with van der Waals surface area (Å²) >= 11 is 0. The van der Waals surface area contributed by atoms with E-state index in [1.54, 1.807) is 12.1 Å². The highest BCUT2D eigenvalue weighted by Gasteiger charge is 2.16. The Balaban J connectivity index is 2.53. The molecule has 2 aromatic rings. The number of benzene rings is 1. The van der Waals surface area contributed by atoms with Gasteiger partial charge in [-0.05, 0) is 24.1 Å². The van der Waals surface area contributed by atoms with E-state index in [1.807, 2.05) is 26.0 Å². The maximum Gasteiger partial charge on any atom is 0.341 e. The molecular weight excluding hydrogens is 284 g/mol. The number of carbonyl (C=O) groups is 1. The van der Waals surface area contributed by atoms with Crippen molar-refractivity contribution in [2.75, 3.05) is 6.61 Å². The van der Waals surface area contributed by atoms with Gasteiger partial charge < -0.3 is 9.84 Å². The number of ether oxygens (including phenoxy) is 1. The molecule has 0 aliphatic carbocycles. The number of aromatic nitrogens is 2. The smallest absolute Gasteiger partial charge is 0.341 e. The predicted molar refractivity (Wildman–Crippen MR) is 82.2 cm³/mol. The van der Waals surface area contributed by atoms with E-state index in [9.17, 15) is 9.59 Å². The van der Waals surface area contributed by atoms with E-state index in [-0.39, 0.29) is 5.56 Å². The zero-order valence-corrected chi connectivity index (χ0v) is 12.7. The number of aromatic carboxylic acids is 1. The molecule has 0 aliphatic heterocycles. The van der Waals surface area contributed by atoms with Crippen LogP contribution in [0.4, 0.5) is 0 Å². The van der Waals surface area contributed by atoms with Gasteiger partial charge in [0.1, 0.15) is 11.3 Å². The first-order chi connectivity index (χ1) is 10.4. The molecule has 0 atom stereocenters. The molecular formula is C16H18N2O4. The average molecular weight is 302 g/mol. The van der Waals surface area contributed by atoms with Gasteiger partial charge in [0.15, 0.2) is 0 Å². The highest BCUT2D eigenvalue weighted by atomic mass is 16.5. The van der Waals surface area contributed by atoms with E-state index in [4.69, 9.17) is 9.84 Å². The molecule has 6 nitrogen and oxygen atoms in total. The summed E-state index contributed by atoms with van der Waals surface area (Å²) in [5.41, 5.74) is 0.0862. The third-order valence-electron chi connectivity index (χ3n) is 3.03. The highest BCUT2D eigenvalue weighted by Crippen LogP contribution is 2.28. The minimum absolute atomic E-state index is 0.314. The minimum Gasteiger partial charge on any atom is -0.493 e. The van der Waals surface area contributed by atoms with Crippen molar-refractivity contribution in [1.82, 2.24) is 9.78 Å². The first-order valence-electron chi connectivity index (χ1n) is 6.94. The third-order valence-corrected chi connectivity index (χ3v) is 3.03. The standard InChI is InChI=1S/C16H18N2O4/c1-10(2)9-22-14-7-5-4-6-11(14)13-8-12(16(20)21)15(19)18(3)17-13/h4-8,10H,9H2,1-3H3,(H,20,21). The van der Waals surface area contributed by atoms with Crippen LogP contribution in [0.2, 0.25) is 0 Å². The minimum atomic E-state index is -1.27. The summed E-state index contributed by atoms with van der Waals surface area (Å²) in [6.45, 7) is 4.61. The molecule has 116 valence electrons. The monoisotopic (exact) mass is 302 g/mol. The number of hydrogen-bond donors (Lipinski definition) is 1. The molecule has 0 aliphatic rings. The lowest BCUT2D eigenvalue weighted by Gasteiger charge is -2.13. The Kier molecular flexibility index (Phi) is 4.60. The maximum atomic E-state index is 11.8. The quantitative estimate of drug-likeness (QED) is 0.915. The van der Waals surface area contributed by atoms with Crippen LogP contribution in [0.15, 0.2) is 35.1 Å². The highest BCUT2D eigenvalue weighted by molar-refractivity contribution is 5.88. The lowest BCUT2D eigenvalue weighted by Crippen LogP contribution is -2.26. The second kappa shape index (κ2) is 6.43. The number of carboxylic acids is 1. The van der Waals surface area contributed by atoms with Crippen molar-refractivity contribution < 1.29 is 14.6 Å². The van der Waals surface area contributed by atoms with E-state index < -0.39 is 11.5 Å². The first kappa shape index (κ1) is 15.8. The van der Waals surface area contributed by atoms with Gasteiger partial charge in [0, 0.05) is 12.6 Å². The van der Waals surface area contributed by atoms with Gasteiger partial charge in [-0.15, -0.1) is 0 Å². The van der Waals surface area contributed by atoms with Crippen LogP contribution in [-0.2, 0) is 7.05 Å². The average Bonchev–Trinajstić information content (AvgIpc) is 2.47. The van der Waals surface area contributed by atoms with Crippen LogP contribution >= 0.6 is 0 Å². The number of para-hydroxylation sites is 1. The largest absolute Gasteiger partial charge is 0.493 e. The topological polar surface area (TPSA) is 81.4 Å². The predicted octanol–water partition coefficient (Wildman–Crippen LogP) is 2.18. The molecule has 1 aromatic carbocycles. The number of carboxylic acid groups (broad SMARTS) is 1. The van der Waals surface area contributed by atoms with Gasteiger partial charge in [0.2, 0.25) is 0 Å². The zero-order chi connectivity index (χ0) is 16.3. The molecule has 0 spiro atoms. The molecule has 6 heteroatoms. The molecule has 1 N–H and O–H groups in total. The van der Waals surface area contributed by atoms with Crippen molar-refractivity contribution in [3.8, 4) is 17.0 Å². The molecule has 22 heavy (non-hydrogen) atoms. The van der Waals surface area contributed by atoms with E-state index in [2.05, 4.69) is 5.10 Å². The van der Waals surface area contributed by atoms with Crippen LogP contribution in [-0.4, -0.2) is 27.5 Å². The fraction of sp³-hybridized carbons (Fsp3) is 0.312. The summed E-state index contributed by atoms with van der Waals surface area (Å²) < 4.78 is 6.77. The maximum absolute atomic E-state index is 11.8. The number of hydrogen-bond acceptors (Lipinski definition) is 4. The second-order valence-corrected chi connectivity index (χ2v) is 5.38. The van der Waals surface area contributed by atoms with Crippen molar-refractivity contribution in [1.29, 1.82) is 0 Å². The second-order valence-electron chi connectivity index (χ2n) is 5.38. The van der Waals surface area contributed by atoms with Gasteiger partial charge >= 0.3 is 5.97 Å². The third kappa shape index (κ3) is 3.33. The van der Waals surface area contributed by atoms with Crippen LogP contribution in [0, 0.1) is 5.92 Å². The molecule has 0 amide bonds. The summed E-state index contributed by atoms with van der Waals surface area (Å²) in [7, 11) is 1.43. The Morgan fingerprint density at radius 1 is 1.36 bits per heavy atom. The molecule has 0 unspecified atom stereocenters. The summed E-state index contributed by atoms with van der Waals surface area (Å²) in [5.74, 6) is -0.306. The Labute approximate surface area is 128 Å². The molecule has 1 aromatic heterocycles.